The predicted octanol–water partition coefficient (Wildman–Crippen LogP) is 1.86. The molecule has 20 heavy (non-hydrogen) atoms. The van der Waals surface area contributed by atoms with Crippen molar-refractivity contribution in [3.05, 3.63) is 22.6 Å². The third-order valence-corrected chi connectivity index (χ3v) is 3.29. The van der Waals surface area contributed by atoms with Crippen LogP contribution in [0.2, 0.25) is 0 Å². The highest BCUT2D eigenvalue weighted by Gasteiger charge is 2.20. The van der Waals surface area contributed by atoms with Gasteiger partial charge in [-0.15, -0.1) is 0 Å². The van der Waals surface area contributed by atoms with E-state index in [1.807, 2.05) is 6.92 Å². The van der Waals surface area contributed by atoms with E-state index in [2.05, 4.69) is 21.5 Å². The summed E-state index contributed by atoms with van der Waals surface area (Å²) in [7, 11) is 0. The van der Waals surface area contributed by atoms with E-state index in [1.54, 1.807) is 6.92 Å². The van der Waals surface area contributed by atoms with E-state index >= 15 is 0 Å². The molecule has 0 saturated carbocycles. The average Bonchev–Trinajstić information content (AvgIpc) is 2.43. The van der Waals surface area contributed by atoms with E-state index in [0.717, 1.165) is 12.8 Å². The molecule has 0 aromatic carbocycles. The zero-order valence-electron chi connectivity index (χ0n) is 11.8. The number of halogens is 1. The second-order valence-corrected chi connectivity index (χ2v) is 4.99. The van der Waals surface area contributed by atoms with Gasteiger partial charge in [0.1, 0.15) is 10.8 Å². The lowest BCUT2D eigenvalue weighted by Gasteiger charge is -2.24. The molecule has 0 aromatic heterocycles. The quantitative estimate of drug-likeness (QED) is 0.272. The van der Waals surface area contributed by atoms with Crippen LogP contribution in [-0.2, 0) is 9.57 Å². The molecule has 4 N–H and O–H groups in total. The number of hydrogen-bond acceptors (Lipinski definition) is 5. The van der Waals surface area contributed by atoms with Gasteiger partial charge < -0.3 is 15.3 Å². The van der Waals surface area contributed by atoms with Crippen LogP contribution in [0.4, 0.5) is 0 Å². The summed E-state index contributed by atoms with van der Waals surface area (Å²) in [6.45, 7) is 7.84. The monoisotopic (exact) mass is 300 g/mol. The average molecular weight is 301 g/mol. The van der Waals surface area contributed by atoms with Gasteiger partial charge in [0.05, 0.1) is 17.8 Å². The Morgan fingerprint density at radius 3 is 2.80 bits per heavy atom. The van der Waals surface area contributed by atoms with Gasteiger partial charge in [-0.2, -0.15) is 5.90 Å². The van der Waals surface area contributed by atoms with Crippen LogP contribution >= 0.6 is 11.6 Å². The second-order valence-electron chi connectivity index (χ2n) is 4.61. The van der Waals surface area contributed by atoms with Crippen molar-refractivity contribution in [2.24, 2.45) is 21.6 Å². The van der Waals surface area contributed by atoms with Gasteiger partial charge >= 0.3 is 0 Å². The minimum atomic E-state index is 0.108. The first-order chi connectivity index (χ1) is 9.47. The first-order valence-corrected chi connectivity index (χ1v) is 6.72. The number of nitrogens with two attached hydrogens (primary N) is 2. The Balaban J connectivity index is 2.93. The summed E-state index contributed by atoms with van der Waals surface area (Å²) in [4.78, 5) is 12.9. The van der Waals surface area contributed by atoms with Crippen molar-refractivity contribution >= 4 is 24.2 Å². The fraction of sp³-hybridized carbons (Fsp3) is 0.538. The molecule has 1 fully saturated rings. The summed E-state index contributed by atoms with van der Waals surface area (Å²) in [5.74, 6) is 5.78. The van der Waals surface area contributed by atoms with Crippen molar-refractivity contribution in [2.75, 3.05) is 6.61 Å². The first-order valence-electron chi connectivity index (χ1n) is 6.34. The van der Waals surface area contributed by atoms with Crippen LogP contribution in [0, 0.1) is 0 Å². The molecule has 1 saturated heterocycles. The lowest BCUT2D eigenvalue weighted by Crippen LogP contribution is -2.26. The molecule has 0 aromatic rings. The highest BCUT2D eigenvalue weighted by Crippen LogP contribution is 2.19. The van der Waals surface area contributed by atoms with Gasteiger partial charge in [0.2, 0.25) is 0 Å². The van der Waals surface area contributed by atoms with Gasteiger partial charge in [0, 0.05) is 12.7 Å². The molecule has 2 atom stereocenters. The van der Waals surface area contributed by atoms with Crippen molar-refractivity contribution in [1.29, 1.82) is 0 Å². The lowest BCUT2D eigenvalue weighted by molar-refractivity contribution is 0.0204. The van der Waals surface area contributed by atoms with E-state index in [-0.39, 0.29) is 22.9 Å². The van der Waals surface area contributed by atoms with Crippen molar-refractivity contribution in [1.82, 2.24) is 0 Å². The SMILES string of the molecule is C=NC(=N[C@H]1CCO[C@@H](C)C1)C(Cl)=C(N)/C=C(\C)ON. The number of ether oxygens (including phenoxy) is 1. The maximum absolute atomic E-state index is 6.17. The van der Waals surface area contributed by atoms with Crippen LogP contribution < -0.4 is 11.6 Å². The molecule has 0 unspecified atom stereocenters. The predicted molar refractivity (Wildman–Crippen MR) is 81.5 cm³/mol. The largest absolute Gasteiger partial charge is 0.416 e. The molecule has 0 spiro atoms. The molecule has 1 rings (SSSR count). The van der Waals surface area contributed by atoms with Gasteiger partial charge in [-0.25, -0.2) is 4.99 Å². The Bertz CT molecular complexity index is 446. The van der Waals surface area contributed by atoms with E-state index in [0.29, 0.717) is 18.2 Å². The summed E-state index contributed by atoms with van der Waals surface area (Å²) in [6, 6.07) is 0.108. The van der Waals surface area contributed by atoms with Crippen molar-refractivity contribution in [2.45, 2.75) is 38.8 Å². The summed E-state index contributed by atoms with van der Waals surface area (Å²) >= 11 is 6.17. The van der Waals surface area contributed by atoms with Gasteiger partial charge in [-0.3, -0.25) is 4.99 Å². The molecule has 1 aliphatic rings. The van der Waals surface area contributed by atoms with Crippen LogP contribution in [-0.4, -0.2) is 31.3 Å². The second kappa shape index (κ2) is 8.04. The third kappa shape index (κ3) is 4.96. The van der Waals surface area contributed by atoms with E-state index in [9.17, 15) is 0 Å². The summed E-state index contributed by atoms with van der Waals surface area (Å²) in [5, 5.41) is 0.232. The minimum absolute atomic E-state index is 0.108. The van der Waals surface area contributed by atoms with Crippen molar-refractivity contribution in [3.63, 3.8) is 0 Å². The smallest absolute Gasteiger partial charge is 0.168 e. The topological polar surface area (TPSA) is 95.2 Å². The molecule has 1 aliphatic heterocycles. The molecule has 6 nitrogen and oxygen atoms in total. The molecule has 1 heterocycles. The van der Waals surface area contributed by atoms with E-state index in [4.69, 9.17) is 28.0 Å². The number of aliphatic imine (C=N–C) groups is 2. The molecular weight excluding hydrogens is 280 g/mol. The van der Waals surface area contributed by atoms with Crippen LogP contribution in [0.5, 0.6) is 0 Å². The highest BCUT2D eigenvalue weighted by atomic mass is 35.5. The number of nitrogens with zero attached hydrogens (tertiary/aromatic N) is 2. The first kappa shape index (κ1) is 16.7. The van der Waals surface area contributed by atoms with Crippen molar-refractivity contribution < 1.29 is 9.57 Å². The Morgan fingerprint density at radius 1 is 1.55 bits per heavy atom. The Kier molecular flexibility index (Phi) is 6.70. The highest BCUT2D eigenvalue weighted by molar-refractivity contribution is 6.44. The zero-order chi connectivity index (χ0) is 15.1. The Morgan fingerprint density at radius 2 is 2.25 bits per heavy atom. The van der Waals surface area contributed by atoms with E-state index < -0.39 is 0 Å². The van der Waals surface area contributed by atoms with Gasteiger partial charge in [0.25, 0.3) is 0 Å². The minimum Gasteiger partial charge on any atom is -0.416 e. The lowest BCUT2D eigenvalue weighted by atomic mass is 10.1. The maximum atomic E-state index is 6.17. The van der Waals surface area contributed by atoms with Gasteiger partial charge in [0.15, 0.2) is 5.84 Å². The van der Waals surface area contributed by atoms with Crippen LogP contribution in [0.15, 0.2) is 32.5 Å². The normalized spacial score (nSPS) is 26.0. The zero-order valence-corrected chi connectivity index (χ0v) is 12.6. The molecule has 0 amide bonds. The van der Waals surface area contributed by atoms with Crippen LogP contribution in [0.1, 0.15) is 26.7 Å². The number of hydrogen-bond donors (Lipinski definition) is 2. The van der Waals surface area contributed by atoms with Gasteiger partial charge in [-0.1, -0.05) is 11.6 Å². The molecule has 7 heteroatoms. The molecule has 112 valence electrons. The molecule has 0 radical (unpaired) electrons. The number of allylic oxidation sites excluding steroid dienone is 2. The Hall–Kier alpha value is -1.37. The van der Waals surface area contributed by atoms with Gasteiger partial charge in [-0.05, 0) is 33.4 Å². The molecular formula is C13H21ClN4O2. The maximum Gasteiger partial charge on any atom is 0.168 e. The molecule has 0 bridgehead atoms. The Labute approximate surface area is 124 Å². The summed E-state index contributed by atoms with van der Waals surface area (Å²) < 4.78 is 5.47. The van der Waals surface area contributed by atoms with Crippen LogP contribution in [0.25, 0.3) is 0 Å². The summed E-state index contributed by atoms with van der Waals surface area (Å²) in [5.41, 5.74) is 6.12. The van der Waals surface area contributed by atoms with Crippen molar-refractivity contribution in [3.8, 4) is 0 Å². The number of amidine groups is 1. The fourth-order valence-electron chi connectivity index (χ4n) is 1.88. The standard InChI is InChI=1S/C13H21ClN4O2/c1-8-6-10(4-5-19-8)18-13(17-3)12(14)11(15)7-9(2)20-16/h7-8,10H,3-6,15-16H2,1-2H3/b9-7+,12-11?,18-13?/t8-,10-/m0/s1. The van der Waals surface area contributed by atoms with Crippen LogP contribution in [0.3, 0.4) is 0 Å². The van der Waals surface area contributed by atoms with E-state index in [1.165, 1.54) is 6.08 Å². The summed E-state index contributed by atoms with van der Waals surface area (Å²) in [6.07, 6.45) is 3.34. The third-order valence-electron chi connectivity index (χ3n) is 2.91. The number of rotatable bonds is 4. The molecule has 0 aliphatic carbocycles. The fourth-order valence-corrected chi connectivity index (χ4v) is 2.04.